The Morgan fingerprint density at radius 3 is 2.50 bits per heavy atom. The number of nitrogens with zero attached hydrogens (tertiary/aromatic N) is 1. The van der Waals surface area contributed by atoms with Gasteiger partial charge in [-0.1, -0.05) is 0 Å². The van der Waals surface area contributed by atoms with Crippen LogP contribution in [0.1, 0.15) is 30.1 Å². The molecule has 0 aliphatic heterocycles. The van der Waals surface area contributed by atoms with Crippen LogP contribution in [-0.2, 0) is 4.57 Å². The fourth-order valence-electron chi connectivity index (χ4n) is 1.60. The molecule has 1 unspecified atom stereocenters. The molecule has 7 nitrogen and oxygen atoms in total. The van der Waals surface area contributed by atoms with Crippen molar-refractivity contribution in [1.29, 1.82) is 5.26 Å². The smallest absolute Gasteiger partial charge is 0.356 e. The molecule has 4 N–H and O–H groups in total. The van der Waals surface area contributed by atoms with E-state index in [1.807, 2.05) is 5.40 Å². The molecule has 0 fully saturated rings. The van der Waals surface area contributed by atoms with Crippen LogP contribution in [0.25, 0.3) is 0 Å². The van der Waals surface area contributed by atoms with Crippen molar-refractivity contribution in [2.45, 2.75) is 30.0 Å². The summed E-state index contributed by atoms with van der Waals surface area (Å²) in [4.78, 5) is 30.5. The lowest BCUT2D eigenvalue weighted by Crippen LogP contribution is -2.28. The molecule has 0 radical (unpaired) electrons. The molecular formula is C13H17N2O5PS. The number of nitrogens with one attached hydrogen (secondary N) is 1. The number of carbonyl (C=O) groups is 1. The van der Waals surface area contributed by atoms with Gasteiger partial charge in [-0.15, -0.1) is 0 Å². The standard InChI is InChI=1S/C13H17N2O5PS/c1-13(17,21(18,19)20)7-2-8-15-12(16)10-3-5-11(6-4-10)22-9-14/h3-6,17H,2,7-8H2,1H3,(H,15,16)(H2,18,19,20). The van der Waals surface area contributed by atoms with E-state index in [2.05, 4.69) is 5.32 Å². The second kappa shape index (κ2) is 7.77. The van der Waals surface area contributed by atoms with Gasteiger partial charge in [0.15, 0.2) is 5.34 Å². The molecule has 120 valence electrons. The van der Waals surface area contributed by atoms with Gasteiger partial charge >= 0.3 is 7.60 Å². The van der Waals surface area contributed by atoms with E-state index in [1.165, 1.54) is 0 Å². The van der Waals surface area contributed by atoms with Crippen LogP contribution >= 0.6 is 19.4 Å². The highest BCUT2D eigenvalue weighted by atomic mass is 32.2. The monoisotopic (exact) mass is 344 g/mol. The second-order valence-electron chi connectivity index (χ2n) is 4.84. The summed E-state index contributed by atoms with van der Waals surface area (Å²) in [6.45, 7) is 1.25. The first kappa shape index (κ1) is 18.7. The molecular weight excluding hydrogens is 327 g/mol. The summed E-state index contributed by atoms with van der Waals surface area (Å²) < 4.78 is 11.0. The van der Waals surface area contributed by atoms with Crippen molar-refractivity contribution in [1.82, 2.24) is 5.32 Å². The van der Waals surface area contributed by atoms with Gasteiger partial charge in [0.25, 0.3) is 5.91 Å². The molecule has 1 amide bonds. The van der Waals surface area contributed by atoms with Gasteiger partial charge in [-0.05, 0) is 55.8 Å². The Kier molecular flexibility index (Phi) is 6.60. The van der Waals surface area contributed by atoms with E-state index in [9.17, 15) is 14.5 Å². The van der Waals surface area contributed by atoms with Crippen LogP contribution in [0.15, 0.2) is 29.2 Å². The lowest BCUT2D eigenvalue weighted by Gasteiger charge is -2.24. The fraction of sp³-hybridized carbons (Fsp3) is 0.385. The highest BCUT2D eigenvalue weighted by molar-refractivity contribution is 8.03. The molecule has 0 aliphatic rings. The molecule has 9 heteroatoms. The molecule has 0 saturated heterocycles. The highest BCUT2D eigenvalue weighted by Gasteiger charge is 2.39. The van der Waals surface area contributed by atoms with Crippen LogP contribution in [0.5, 0.6) is 0 Å². The number of amides is 1. The van der Waals surface area contributed by atoms with Gasteiger partial charge < -0.3 is 20.2 Å². The van der Waals surface area contributed by atoms with Gasteiger partial charge in [0.2, 0.25) is 0 Å². The van der Waals surface area contributed by atoms with Crippen molar-refractivity contribution >= 4 is 25.3 Å². The molecule has 1 rings (SSSR count). The summed E-state index contributed by atoms with van der Waals surface area (Å²) >= 11 is 0.994. The molecule has 1 aromatic rings. The summed E-state index contributed by atoms with van der Waals surface area (Å²) in [5, 5.41) is 20.6. The number of carbonyl (C=O) groups excluding carboxylic acids is 1. The van der Waals surface area contributed by atoms with Crippen LogP contribution in [-0.4, -0.2) is 32.7 Å². The maximum absolute atomic E-state index is 11.8. The number of benzene rings is 1. The zero-order chi connectivity index (χ0) is 16.8. The predicted octanol–water partition coefficient (Wildman–Crippen LogP) is 1.66. The molecule has 22 heavy (non-hydrogen) atoms. The van der Waals surface area contributed by atoms with Crippen molar-refractivity contribution in [3.63, 3.8) is 0 Å². The topological polar surface area (TPSA) is 131 Å². The lowest BCUT2D eigenvalue weighted by atomic mass is 10.2. The first-order valence-corrected chi connectivity index (χ1v) is 8.82. The summed E-state index contributed by atoms with van der Waals surface area (Å²) in [6, 6.07) is 6.48. The first-order valence-electron chi connectivity index (χ1n) is 6.39. The molecule has 0 saturated carbocycles. The largest absolute Gasteiger partial charge is 0.378 e. The second-order valence-corrected chi connectivity index (χ2v) is 7.75. The molecule has 0 bridgehead atoms. The fourth-order valence-corrected chi connectivity index (χ4v) is 2.43. The molecule has 1 atom stereocenters. The minimum atomic E-state index is -4.59. The maximum atomic E-state index is 11.8. The number of thioether (sulfide) groups is 1. The summed E-state index contributed by atoms with van der Waals surface area (Å²) in [5.41, 5.74) is 0.420. The Labute approximate surface area is 132 Å². The maximum Gasteiger partial charge on any atom is 0.356 e. The van der Waals surface area contributed by atoms with E-state index in [1.54, 1.807) is 24.3 Å². The zero-order valence-electron chi connectivity index (χ0n) is 11.9. The van der Waals surface area contributed by atoms with Gasteiger partial charge in [-0.25, -0.2) is 0 Å². The van der Waals surface area contributed by atoms with Crippen LogP contribution in [0.2, 0.25) is 0 Å². The number of thiocyanates is 1. The third-order valence-corrected chi connectivity index (χ3v) is 5.10. The Morgan fingerprint density at radius 1 is 1.41 bits per heavy atom. The average molecular weight is 344 g/mol. The van der Waals surface area contributed by atoms with E-state index in [-0.39, 0.29) is 25.3 Å². The third kappa shape index (κ3) is 5.44. The van der Waals surface area contributed by atoms with E-state index < -0.39 is 12.9 Å². The van der Waals surface area contributed by atoms with Gasteiger partial charge in [0, 0.05) is 17.0 Å². The van der Waals surface area contributed by atoms with Crippen molar-refractivity contribution < 1.29 is 24.3 Å². The van der Waals surface area contributed by atoms with Crippen LogP contribution in [0.4, 0.5) is 0 Å². The Hall–Kier alpha value is -1.36. The van der Waals surface area contributed by atoms with Crippen LogP contribution in [0.3, 0.4) is 0 Å². The summed E-state index contributed by atoms with van der Waals surface area (Å²) in [7, 11) is -4.59. The average Bonchev–Trinajstić information content (AvgIpc) is 2.43. The van der Waals surface area contributed by atoms with Crippen molar-refractivity contribution in [3.05, 3.63) is 29.8 Å². The molecule has 1 aromatic carbocycles. The van der Waals surface area contributed by atoms with Crippen molar-refractivity contribution in [3.8, 4) is 5.40 Å². The summed E-state index contributed by atoms with van der Waals surface area (Å²) in [6.07, 6.45) is 0.0987. The number of hydrogen-bond donors (Lipinski definition) is 4. The normalized spacial score (nSPS) is 14.0. The number of nitriles is 1. The Balaban J connectivity index is 2.44. The lowest BCUT2D eigenvalue weighted by molar-refractivity contribution is 0.0914. The highest BCUT2D eigenvalue weighted by Crippen LogP contribution is 2.50. The SMILES string of the molecule is CC(O)(CCCNC(=O)c1ccc(SC#N)cc1)P(=O)(O)O. The minimum Gasteiger partial charge on any atom is -0.378 e. The van der Waals surface area contributed by atoms with Crippen LogP contribution < -0.4 is 5.32 Å². The van der Waals surface area contributed by atoms with Gasteiger partial charge in [-0.3, -0.25) is 9.36 Å². The van der Waals surface area contributed by atoms with Gasteiger partial charge in [0.1, 0.15) is 5.40 Å². The first-order chi connectivity index (χ1) is 10.2. The molecule has 0 aromatic heterocycles. The Bertz CT molecular complexity index is 606. The number of rotatable bonds is 7. The number of hydrogen-bond acceptors (Lipinski definition) is 5. The molecule has 0 spiro atoms. The number of aliphatic hydroxyl groups is 1. The quantitative estimate of drug-likeness (QED) is 0.256. The van der Waals surface area contributed by atoms with Gasteiger partial charge in [0.05, 0.1) is 0 Å². The van der Waals surface area contributed by atoms with E-state index in [0.29, 0.717) is 5.56 Å². The van der Waals surface area contributed by atoms with Crippen molar-refractivity contribution in [2.75, 3.05) is 6.54 Å². The zero-order valence-corrected chi connectivity index (χ0v) is 13.6. The molecule has 0 aliphatic carbocycles. The van der Waals surface area contributed by atoms with Crippen LogP contribution in [0, 0.1) is 10.7 Å². The van der Waals surface area contributed by atoms with E-state index in [4.69, 9.17) is 15.0 Å². The van der Waals surface area contributed by atoms with E-state index in [0.717, 1.165) is 23.6 Å². The predicted molar refractivity (Wildman–Crippen MR) is 82.1 cm³/mol. The van der Waals surface area contributed by atoms with Crippen molar-refractivity contribution in [2.24, 2.45) is 0 Å². The minimum absolute atomic E-state index is 0.130. The summed E-state index contributed by atoms with van der Waals surface area (Å²) in [5.74, 6) is -0.329. The third-order valence-electron chi connectivity index (χ3n) is 3.02. The van der Waals surface area contributed by atoms with E-state index >= 15 is 0 Å². The molecule has 0 heterocycles. The Morgan fingerprint density at radius 2 is 2.00 bits per heavy atom. The van der Waals surface area contributed by atoms with Gasteiger partial charge in [-0.2, -0.15) is 5.26 Å².